The van der Waals surface area contributed by atoms with E-state index in [9.17, 15) is 0 Å². The minimum atomic E-state index is 1.09. The SMILES string of the molecule is CC.CCC1=CCNC1. The number of nitrogens with one attached hydrogen (secondary N) is 1. The van der Waals surface area contributed by atoms with Crippen molar-refractivity contribution in [2.24, 2.45) is 0 Å². The van der Waals surface area contributed by atoms with E-state index in [0.29, 0.717) is 0 Å². The summed E-state index contributed by atoms with van der Waals surface area (Å²) >= 11 is 0. The molecular weight excluding hydrogens is 110 g/mol. The first kappa shape index (κ1) is 8.70. The second-order valence-corrected chi connectivity index (χ2v) is 1.85. The first-order valence-electron chi connectivity index (χ1n) is 3.82. The summed E-state index contributed by atoms with van der Waals surface area (Å²) in [5, 5.41) is 3.23. The second-order valence-electron chi connectivity index (χ2n) is 1.85. The molecule has 0 amide bonds. The van der Waals surface area contributed by atoms with Crippen LogP contribution in [0.3, 0.4) is 0 Å². The maximum absolute atomic E-state index is 3.23. The van der Waals surface area contributed by atoms with Gasteiger partial charge in [0.1, 0.15) is 0 Å². The van der Waals surface area contributed by atoms with Gasteiger partial charge in [-0.1, -0.05) is 32.4 Å². The maximum atomic E-state index is 3.23. The molecule has 1 aliphatic heterocycles. The van der Waals surface area contributed by atoms with Crippen molar-refractivity contribution in [3.8, 4) is 0 Å². The van der Waals surface area contributed by atoms with Crippen LogP contribution in [0.5, 0.6) is 0 Å². The van der Waals surface area contributed by atoms with Gasteiger partial charge in [-0.05, 0) is 6.42 Å². The first-order valence-corrected chi connectivity index (χ1v) is 3.82. The van der Waals surface area contributed by atoms with Crippen LogP contribution in [0.2, 0.25) is 0 Å². The van der Waals surface area contributed by atoms with Crippen LogP contribution < -0.4 is 5.32 Å². The van der Waals surface area contributed by atoms with E-state index in [0.717, 1.165) is 13.1 Å². The Morgan fingerprint density at radius 1 is 1.56 bits per heavy atom. The zero-order valence-electron chi connectivity index (χ0n) is 6.70. The van der Waals surface area contributed by atoms with Crippen LogP contribution in [0, 0.1) is 0 Å². The van der Waals surface area contributed by atoms with Gasteiger partial charge >= 0.3 is 0 Å². The zero-order chi connectivity index (χ0) is 7.11. The van der Waals surface area contributed by atoms with Crippen molar-refractivity contribution in [1.29, 1.82) is 0 Å². The van der Waals surface area contributed by atoms with Gasteiger partial charge in [-0.25, -0.2) is 0 Å². The topological polar surface area (TPSA) is 12.0 Å². The van der Waals surface area contributed by atoms with Crippen LogP contribution in [0.25, 0.3) is 0 Å². The Hall–Kier alpha value is -0.300. The molecule has 9 heavy (non-hydrogen) atoms. The molecule has 0 aromatic carbocycles. The van der Waals surface area contributed by atoms with Gasteiger partial charge in [0.25, 0.3) is 0 Å². The summed E-state index contributed by atoms with van der Waals surface area (Å²) in [6.45, 7) is 8.40. The molecule has 0 saturated heterocycles. The van der Waals surface area contributed by atoms with Gasteiger partial charge in [-0.2, -0.15) is 0 Å². The molecule has 1 heteroatoms. The standard InChI is InChI=1S/C6H11N.C2H6/c1-2-6-3-4-7-5-6;1-2/h3,7H,2,4-5H2,1H3;1-2H3. The molecule has 0 aromatic rings. The van der Waals surface area contributed by atoms with Crippen LogP contribution >= 0.6 is 0 Å². The minimum absolute atomic E-state index is 1.09. The molecule has 0 fully saturated rings. The van der Waals surface area contributed by atoms with Crippen molar-refractivity contribution in [2.75, 3.05) is 13.1 Å². The Morgan fingerprint density at radius 2 is 2.22 bits per heavy atom. The predicted molar refractivity (Wildman–Crippen MR) is 42.6 cm³/mol. The number of hydrogen-bond acceptors (Lipinski definition) is 1. The van der Waals surface area contributed by atoms with Crippen LogP contribution in [0.4, 0.5) is 0 Å². The molecule has 0 radical (unpaired) electrons. The van der Waals surface area contributed by atoms with Crippen molar-refractivity contribution in [2.45, 2.75) is 27.2 Å². The fourth-order valence-electron chi connectivity index (χ4n) is 0.791. The van der Waals surface area contributed by atoms with Gasteiger partial charge in [0.05, 0.1) is 0 Å². The summed E-state index contributed by atoms with van der Waals surface area (Å²) in [6, 6.07) is 0. The highest BCUT2D eigenvalue weighted by molar-refractivity contribution is 5.09. The molecule has 0 spiro atoms. The predicted octanol–water partition coefficient (Wildman–Crippen LogP) is 1.95. The second kappa shape index (κ2) is 5.83. The van der Waals surface area contributed by atoms with E-state index in [4.69, 9.17) is 0 Å². The smallest absolute Gasteiger partial charge is 0.0167 e. The summed E-state index contributed by atoms with van der Waals surface area (Å²) < 4.78 is 0. The molecule has 0 aromatic heterocycles. The van der Waals surface area contributed by atoms with E-state index in [1.807, 2.05) is 13.8 Å². The normalized spacial score (nSPS) is 16.1. The molecule has 0 aliphatic carbocycles. The van der Waals surface area contributed by atoms with Crippen LogP contribution in [-0.4, -0.2) is 13.1 Å². The molecule has 0 unspecified atom stereocenters. The zero-order valence-corrected chi connectivity index (χ0v) is 6.70. The largest absolute Gasteiger partial charge is 0.310 e. The van der Waals surface area contributed by atoms with Crippen LogP contribution in [0.15, 0.2) is 11.6 Å². The van der Waals surface area contributed by atoms with Crippen molar-refractivity contribution in [3.05, 3.63) is 11.6 Å². The number of hydrogen-bond donors (Lipinski definition) is 1. The molecule has 0 bridgehead atoms. The minimum Gasteiger partial charge on any atom is -0.310 e. The third-order valence-corrected chi connectivity index (χ3v) is 1.34. The lowest BCUT2D eigenvalue weighted by molar-refractivity contribution is 0.856. The third-order valence-electron chi connectivity index (χ3n) is 1.34. The summed E-state index contributed by atoms with van der Waals surface area (Å²) in [5.41, 5.74) is 1.56. The highest BCUT2D eigenvalue weighted by Crippen LogP contribution is 2.01. The molecule has 1 nitrogen and oxygen atoms in total. The van der Waals surface area contributed by atoms with Gasteiger partial charge in [0.15, 0.2) is 0 Å². The van der Waals surface area contributed by atoms with Crippen LogP contribution in [-0.2, 0) is 0 Å². The highest BCUT2D eigenvalue weighted by atomic mass is 14.9. The van der Waals surface area contributed by atoms with Gasteiger partial charge in [0, 0.05) is 13.1 Å². The van der Waals surface area contributed by atoms with Gasteiger partial charge in [0.2, 0.25) is 0 Å². The lowest BCUT2D eigenvalue weighted by Gasteiger charge is -1.90. The molecule has 54 valence electrons. The molecule has 1 rings (SSSR count). The van der Waals surface area contributed by atoms with E-state index in [2.05, 4.69) is 18.3 Å². The molecule has 0 atom stereocenters. The Kier molecular flexibility index (Phi) is 5.64. The van der Waals surface area contributed by atoms with E-state index < -0.39 is 0 Å². The van der Waals surface area contributed by atoms with Gasteiger partial charge in [-0.3, -0.25) is 0 Å². The Balaban J connectivity index is 0.000000291. The van der Waals surface area contributed by atoms with Gasteiger partial charge < -0.3 is 5.32 Å². The summed E-state index contributed by atoms with van der Waals surface area (Å²) in [5.74, 6) is 0. The Labute approximate surface area is 58.2 Å². The maximum Gasteiger partial charge on any atom is 0.0167 e. The first-order chi connectivity index (χ1) is 4.43. The average molecular weight is 127 g/mol. The summed E-state index contributed by atoms with van der Waals surface area (Å²) in [7, 11) is 0. The molecular formula is C8H17N. The Morgan fingerprint density at radius 3 is 2.44 bits per heavy atom. The van der Waals surface area contributed by atoms with E-state index in [-0.39, 0.29) is 0 Å². The monoisotopic (exact) mass is 127 g/mol. The van der Waals surface area contributed by atoms with E-state index in [1.54, 1.807) is 5.57 Å². The summed E-state index contributed by atoms with van der Waals surface area (Å²) in [6.07, 6.45) is 3.48. The summed E-state index contributed by atoms with van der Waals surface area (Å²) in [4.78, 5) is 0. The molecule has 1 N–H and O–H groups in total. The quantitative estimate of drug-likeness (QED) is 0.531. The fraction of sp³-hybridized carbons (Fsp3) is 0.750. The van der Waals surface area contributed by atoms with Crippen molar-refractivity contribution in [3.63, 3.8) is 0 Å². The lowest BCUT2D eigenvalue weighted by Crippen LogP contribution is -2.07. The van der Waals surface area contributed by atoms with Gasteiger partial charge in [-0.15, -0.1) is 0 Å². The third kappa shape index (κ3) is 3.31. The van der Waals surface area contributed by atoms with Crippen LogP contribution in [0.1, 0.15) is 27.2 Å². The van der Waals surface area contributed by atoms with Crippen molar-refractivity contribution < 1.29 is 0 Å². The van der Waals surface area contributed by atoms with Crippen molar-refractivity contribution in [1.82, 2.24) is 5.32 Å². The van der Waals surface area contributed by atoms with E-state index >= 15 is 0 Å². The Bertz CT molecular complexity index is 84.6. The molecule has 0 saturated carbocycles. The molecule has 1 aliphatic rings. The fourth-order valence-corrected chi connectivity index (χ4v) is 0.791. The highest BCUT2D eigenvalue weighted by Gasteiger charge is 1.97. The lowest BCUT2D eigenvalue weighted by atomic mass is 10.2. The van der Waals surface area contributed by atoms with Crippen molar-refractivity contribution >= 4 is 0 Å². The number of rotatable bonds is 1. The van der Waals surface area contributed by atoms with E-state index in [1.165, 1.54) is 6.42 Å². The molecule has 1 heterocycles. The average Bonchev–Trinajstić information content (AvgIpc) is 2.43.